The summed E-state index contributed by atoms with van der Waals surface area (Å²) in [6.45, 7) is 7.57. The molecule has 0 saturated carbocycles. The lowest BCUT2D eigenvalue weighted by Gasteiger charge is -2.35. The number of nitrogens with one attached hydrogen (secondary N) is 1. The summed E-state index contributed by atoms with van der Waals surface area (Å²) in [5, 5.41) is 2.59. The van der Waals surface area contributed by atoms with Gasteiger partial charge in [0, 0.05) is 49.2 Å². The number of carbonyl (C=O) groups is 3. The lowest BCUT2D eigenvalue weighted by molar-refractivity contribution is -0.132. The van der Waals surface area contributed by atoms with Gasteiger partial charge in [-0.15, -0.1) is 0 Å². The highest BCUT2D eigenvalue weighted by Gasteiger charge is 2.25. The zero-order valence-electron chi connectivity index (χ0n) is 16.0. The van der Waals surface area contributed by atoms with Gasteiger partial charge in [0.2, 0.25) is 5.91 Å². The Hall–Kier alpha value is -2.09. The molecule has 0 aromatic heterocycles. The van der Waals surface area contributed by atoms with Crippen molar-refractivity contribution in [3.8, 4) is 0 Å². The van der Waals surface area contributed by atoms with Gasteiger partial charge in [-0.05, 0) is 45.0 Å². The molecule has 1 aromatic rings. The maximum absolute atomic E-state index is 12.5. The molecular weight excluding hydrogens is 414 g/mol. The number of rotatable bonds is 4. The van der Waals surface area contributed by atoms with Crippen LogP contribution in [0.15, 0.2) is 28.7 Å². The van der Waals surface area contributed by atoms with Crippen molar-refractivity contribution in [3.05, 3.63) is 34.3 Å². The second-order valence-electron chi connectivity index (χ2n) is 7.36. The van der Waals surface area contributed by atoms with E-state index in [0.717, 1.165) is 4.47 Å². The average Bonchev–Trinajstić information content (AvgIpc) is 2.60. The normalized spacial score (nSPS) is 14.7. The first-order valence-electron chi connectivity index (χ1n) is 8.95. The minimum absolute atomic E-state index is 0.0267. The monoisotopic (exact) mass is 439 g/mol. The van der Waals surface area contributed by atoms with Gasteiger partial charge in [-0.3, -0.25) is 9.59 Å². The number of hydrogen-bond donors (Lipinski definition) is 1. The van der Waals surface area contributed by atoms with Crippen molar-refractivity contribution in [1.82, 2.24) is 15.1 Å². The van der Waals surface area contributed by atoms with Crippen molar-refractivity contribution in [3.63, 3.8) is 0 Å². The number of piperazine rings is 1. The Morgan fingerprint density at radius 3 is 2.15 bits per heavy atom. The average molecular weight is 440 g/mol. The van der Waals surface area contributed by atoms with Crippen molar-refractivity contribution in [2.45, 2.75) is 32.8 Å². The van der Waals surface area contributed by atoms with Gasteiger partial charge in [0.15, 0.2) is 0 Å². The van der Waals surface area contributed by atoms with Crippen LogP contribution in [0.1, 0.15) is 37.6 Å². The minimum Gasteiger partial charge on any atom is -0.444 e. The van der Waals surface area contributed by atoms with E-state index < -0.39 is 11.7 Å². The Balaban J connectivity index is 1.73. The summed E-state index contributed by atoms with van der Waals surface area (Å²) in [5.41, 5.74) is 0.0748. The fourth-order valence-electron chi connectivity index (χ4n) is 2.68. The predicted molar refractivity (Wildman–Crippen MR) is 105 cm³/mol. The molecule has 1 aromatic carbocycles. The van der Waals surface area contributed by atoms with Gasteiger partial charge >= 0.3 is 6.09 Å². The Labute approximate surface area is 168 Å². The summed E-state index contributed by atoms with van der Waals surface area (Å²) in [4.78, 5) is 39.8. The third-order valence-corrected chi connectivity index (χ3v) is 4.55. The zero-order valence-corrected chi connectivity index (χ0v) is 17.5. The lowest BCUT2D eigenvalue weighted by Crippen LogP contribution is -2.51. The highest BCUT2D eigenvalue weighted by Crippen LogP contribution is 2.14. The molecule has 0 aliphatic carbocycles. The van der Waals surface area contributed by atoms with Crippen LogP contribution >= 0.6 is 15.9 Å². The van der Waals surface area contributed by atoms with Crippen molar-refractivity contribution in [2.24, 2.45) is 0 Å². The number of halogens is 1. The van der Waals surface area contributed by atoms with Crippen LogP contribution in [0.5, 0.6) is 0 Å². The molecule has 7 nitrogen and oxygen atoms in total. The minimum atomic E-state index is -0.564. The van der Waals surface area contributed by atoms with E-state index >= 15 is 0 Å². The molecule has 0 unspecified atom stereocenters. The molecule has 0 bridgehead atoms. The summed E-state index contributed by atoms with van der Waals surface area (Å²) in [7, 11) is 0. The molecule has 0 radical (unpaired) electrons. The van der Waals surface area contributed by atoms with E-state index in [2.05, 4.69) is 21.2 Å². The van der Waals surface area contributed by atoms with Crippen LogP contribution in [0.25, 0.3) is 0 Å². The lowest BCUT2D eigenvalue weighted by atomic mass is 10.2. The number of hydrogen-bond acceptors (Lipinski definition) is 4. The van der Waals surface area contributed by atoms with Crippen LogP contribution in [0.3, 0.4) is 0 Å². The van der Waals surface area contributed by atoms with Gasteiger partial charge in [-0.25, -0.2) is 4.79 Å². The molecule has 1 N–H and O–H groups in total. The smallest absolute Gasteiger partial charge is 0.407 e. The highest BCUT2D eigenvalue weighted by atomic mass is 79.9. The van der Waals surface area contributed by atoms with E-state index in [4.69, 9.17) is 4.74 Å². The van der Waals surface area contributed by atoms with Crippen LogP contribution in [0.4, 0.5) is 4.79 Å². The van der Waals surface area contributed by atoms with E-state index in [9.17, 15) is 14.4 Å². The Kier molecular flexibility index (Phi) is 7.24. The highest BCUT2D eigenvalue weighted by molar-refractivity contribution is 9.10. The number of alkyl carbamates (subject to hydrolysis) is 1. The molecule has 0 atom stereocenters. The van der Waals surface area contributed by atoms with E-state index in [-0.39, 0.29) is 24.8 Å². The summed E-state index contributed by atoms with van der Waals surface area (Å²) >= 11 is 3.35. The van der Waals surface area contributed by atoms with E-state index in [1.165, 1.54) is 0 Å². The summed E-state index contributed by atoms with van der Waals surface area (Å²) in [6.07, 6.45) is -0.319. The maximum atomic E-state index is 12.5. The number of benzene rings is 1. The zero-order chi connectivity index (χ0) is 20.0. The molecular formula is C19H26BrN3O4. The van der Waals surface area contributed by atoms with Gasteiger partial charge in [-0.1, -0.05) is 15.9 Å². The van der Waals surface area contributed by atoms with Gasteiger partial charge in [0.25, 0.3) is 5.91 Å². The van der Waals surface area contributed by atoms with Crippen LogP contribution in [-0.4, -0.2) is 66.0 Å². The van der Waals surface area contributed by atoms with Crippen molar-refractivity contribution in [1.29, 1.82) is 0 Å². The molecule has 27 heavy (non-hydrogen) atoms. The second kappa shape index (κ2) is 9.21. The molecule has 1 heterocycles. The molecule has 1 fully saturated rings. The fraction of sp³-hybridized carbons (Fsp3) is 0.526. The summed E-state index contributed by atoms with van der Waals surface area (Å²) in [6, 6.07) is 7.24. The van der Waals surface area contributed by atoms with Crippen molar-refractivity contribution in [2.75, 3.05) is 32.7 Å². The van der Waals surface area contributed by atoms with E-state index in [1.54, 1.807) is 42.7 Å². The van der Waals surface area contributed by atoms with E-state index in [0.29, 0.717) is 31.7 Å². The molecule has 3 amide bonds. The van der Waals surface area contributed by atoms with Gasteiger partial charge in [-0.2, -0.15) is 0 Å². The molecule has 148 valence electrons. The van der Waals surface area contributed by atoms with Crippen LogP contribution < -0.4 is 5.32 Å². The maximum Gasteiger partial charge on any atom is 0.407 e. The number of nitrogens with zero attached hydrogens (tertiary/aromatic N) is 2. The number of carbonyl (C=O) groups excluding carboxylic acids is 3. The topological polar surface area (TPSA) is 79.0 Å². The quantitative estimate of drug-likeness (QED) is 0.781. The van der Waals surface area contributed by atoms with Crippen molar-refractivity contribution >= 4 is 33.8 Å². The van der Waals surface area contributed by atoms with Gasteiger partial charge in [0.05, 0.1) is 0 Å². The SMILES string of the molecule is CC(C)(C)OC(=O)NCCC(=O)N1CCN(C(=O)c2ccc(Br)cc2)CC1. The molecule has 8 heteroatoms. The molecule has 1 aliphatic heterocycles. The molecule has 0 spiro atoms. The first kappa shape index (κ1) is 21.2. The largest absolute Gasteiger partial charge is 0.444 e. The molecule has 1 aliphatic rings. The third-order valence-electron chi connectivity index (χ3n) is 4.02. The summed E-state index contributed by atoms with van der Waals surface area (Å²) < 4.78 is 6.06. The Morgan fingerprint density at radius 2 is 1.59 bits per heavy atom. The summed E-state index contributed by atoms with van der Waals surface area (Å²) in [5.74, 6) is -0.0667. The van der Waals surface area contributed by atoms with Crippen LogP contribution in [0.2, 0.25) is 0 Å². The number of ether oxygens (including phenoxy) is 1. The van der Waals surface area contributed by atoms with Crippen molar-refractivity contribution < 1.29 is 19.1 Å². The van der Waals surface area contributed by atoms with Crippen LogP contribution in [0, 0.1) is 0 Å². The first-order valence-corrected chi connectivity index (χ1v) is 9.74. The number of amides is 3. The van der Waals surface area contributed by atoms with Gasteiger partial charge in [0.1, 0.15) is 5.60 Å². The second-order valence-corrected chi connectivity index (χ2v) is 8.27. The first-order chi connectivity index (χ1) is 12.7. The van der Waals surface area contributed by atoms with Crippen LogP contribution in [-0.2, 0) is 9.53 Å². The van der Waals surface area contributed by atoms with Gasteiger partial charge < -0.3 is 19.9 Å². The Bertz CT molecular complexity index is 677. The standard InChI is InChI=1S/C19H26BrN3O4/c1-19(2,3)27-18(26)21-9-8-16(24)22-10-12-23(13-11-22)17(25)14-4-6-15(20)7-5-14/h4-7H,8-13H2,1-3H3,(H,21,26). The third kappa shape index (κ3) is 6.86. The Morgan fingerprint density at radius 1 is 1.04 bits per heavy atom. The predicted octanol–water partition coefficient (Wildman–Crippen LogP) is 2.65. The fourth-order valence-corrected chi connectivity index (χ4v) is 2.94. The van der Waals surface area contributed by atoms with E-state index in [1.807, 2.05) is 12.1 Å². The molecule has 2 rings (SSSR count). The molecule has 1 saturated heterocycles.